The molecule has 0 N–H and O–H groups in total. The van der Waals surface area contributed by atoms with Crippen LogP contribution in [0.15, 0.2) is 91.0 Å². The zero-order chi connectivity index (χ0) is 21.9. The third-order valence-electron chi connectivity index (χ3n) is 7.19. The van der Waals surface area contributed by atoms with E-state index < -0.39 is 6.60 Å². The van der Waals surface area contributed by atoms with Gasteiger partial charge in [0.1, 0.15) is 0 Å². The summed E-state index contributed by atoms with van der Waals surface area (Å²) in [4.78, 5) is 0. The van der Waals surface area contributed by atoms with Crippen LogP contribution < -0.4 is 15.9 Å². The van der Waals surface area contributed by atoms with Gasteiger partial charge >= 0.3 is 191 Å². The first-order valence-electron chi connectivity index (χ1n) is 12.4. The molecule has 0 fully saturated rings. The molecule has 0 aliphatic heterocycles. The summed E-state index contributed by atoms with van der Waals surface area (Å²) in [6, 6.07) is 34.1. The molecule has 0 amide bonds. The number of hydrogen-bond donors (Lipinski definition) is 0. The predicted molar refractivity (Wildman–Crippen MR) is 143 cm³/mol. The van der Waals surface area contributed by atoms with E-state index in [9.17, 15) is 0 Å². The predicted octanol–water partition coefficient (Wildman–Crippen LogP) is 7.68. The molecular formula is C30H41P. The molecule has 0 bridgehead atoms. The third-order valence-corrected chi connectivity index (χ3v) is 13.7. The standard InChI is InChI=1S/C30H41P/c1-3-4-5-6-7-8-9-10-20-27-31(2,28-21-14-11-15-22-28,29-23-16-12-17-24-29)30-25-18-13-19-26-30/h11-19,21-26H,3-10,20,27H2,1-2H3. The van der Waals surface area contributed by atoms with Crippen LogP contribution in [0.3, 0.4) is 0 Å². The van der Waals surface area contributed by atoms with Crippen LogP contribution in [-0.4, -0.2) is 12.8 Å². The fourth-order valence-corrected chi connectivity index (χ4v) is 10.8. The van der Waals surface area contributed by atoms with Crippen molar-refractivity contribution in [3.05, 3.63) is 91.0 Å². The van der Waals surface area contributed by atoms with Gasteiger partial charge in [-0.2, -0.15) is 0 Å². The van der Waals surface area contributed by atoms with E-state index >= 15 is 0 Å². The molecule has 31 heavy (non-hydrogen) atoms. The minimum absolute atomic E-state index is 1.25. The summed E-state index contributed by atoms with van der Waals surface area (Å²) in [5.74, 6) is 0. The molecule has 166 valence electrons. The second kappa shape index (κ2) is 11.6. The fraction of sp³-hybridized carbons (Fsp3) is 0.400. The summed E-state index contributed by atoms with van der Waals surface area (Å²) in [5.41, 5.74) is 0. The molecule has 0 atom stereocenters. The van der Waals surface area contributed by atoms with Gasteiger partial charge in [-0.05, 0) is 0 Å². The van der Waals surface area contributed by atoms with E-state index in [0.29, 0.717) is 0 Å². The molecule has 0 saturated heterocycles. The molecule has 3 aromatic carbocycles. The van der Waals surface area contributed by atoms with Crippen LogP contribution in [0.4, 0.5) is 0 Å². The van der Waals surface area contributed by atoms with Crippen molar-refractivity contribution in [3.8, 4) is 0 Å². The fourth-order valence-electron chi connectivity index (χ4n) is 5.15. The normalized spacial score (nSPS) is 12.9. The van der Waals surface area contributed by atoms with Crippen LogP contribution in [0.25, 0.3) is 0 Å². The van der Waals surface area contributed by atoms with E-state index in [1.165, 1.54) is 79.9 Å². The second-order valence-electron chi connectivity index (χ2n) is 9.36. The van der Waals surface area contributed by atoms with Crippen molar-refractivity contribution in [2.24, 2.45) is 0 Å². The Balaban J connectivity index is 1.85. The van der Waals surface area contributed by atoms with Crippen LogP contribution in [0.5, 0.6) is 0 Å². The van der Waals surface area contributed by atoms with Crippen molar-refractivity contribution in [1.29, 1.82) is 0 Å². The van der Waals surface area contributed by atoms with Gasteiger partial charge < -0.3 is 0 Å². The van der Waals surface area contributed by atoms with Gasteiger partial charge in [0.25, 0.3) is 0 Å². The summed E-state index contributed by atoms with van der Waals surface area (Å²) in [6.45, 7) is 2.38. The Morgan fingerprint density at radius 1 is 0.452 bits per heavy atom. The van der Waals surface area contributed by atoms with Gasteiger partial charge in [-0.1, -0.05) is 0 Å². The van der Waals surface area contributed by atoms with E-state index in [-0.39, 0.29) is 0 Å². The Morgan fingerprint density at radius 2 is 0.774 bits per heavy atom. The molecular weight excluding hydrogens is 391 g/mol. The molecule has 1 heteroatoms. The van der Waals surface area contributed by atoms with Crippen molar-refractivity contribution in [2.75, 3.05) is 12.8 Å². The quantitative estimate of drug-likeness (QED) is 0.192. The van der Waals surface area contributed by atoms with Gasteiger partial charge in [0.2, 0.25) is 0 Å². The van der Waals surface area contributed by atoms with Crippen molar-refractivity contribution in [1.82, 2.24) is 0 Å². The van der Waals surface area contributed by atoms with E-state index in [4.69, 9.17) is 0 Å². The molecule has 0 spiro atoms. The van der Waals surface area contributed by atoms with Gasteiger partial charge in [0.15, 0.2) is 0 Å². The maximum atomic E-state index is 2.61. The molecule has 0 radical (unpaired) electrons. The van der Waals surface area contributed by atoms with Gasteiger partial charge in [0, 0.05) is 0 Å². The molecule has 0 aromatic heterocycles. The maximum absolute atomic E-state index is 2.61. The van der Waals surface area contributed by atoms with Gasteiger partial charge in [-0.15, -0.1) is 0 Å². The average molecular weight is 433 g/mol. The molecule has 0 nitrogen and oxygen atoms in total. The summed E-state index contributed by atoms with van der Waals surface area (Å²) >= 11 is 0. The second-order valence-corrected chi connectivity index (χ2v) is 14.9. The van der Waals surface area contributed by atoms with Crippen LogP contribution in [0.1, 0.15) is 64.7 Å². The molecule has 0 saturated carbocycles. The Labute approximate surface area is 191 Å². The monoisotopic (exact) mass is 432 g/mol. The third kappa shape index (κ3) is 5.48. The molecule has 0 heterocycles. The van der Waals surface area contributed by atoms with Crippen molar-refractivity contribution >= 4 is 22.5 Å². The summed E-state index contributed by atoms with van der Waals surface area (Å²) in [7, 11) is 0. The number of hydrogen-bond acceptors (Lipinski definition) is 0. The summed E-state index contributed by atoms with van der Waals surface area (Å²) in [5, 5.41) is 4.56. The van der Waals surface area contributed by atoms with Gasteiger partial charge in [0.05, 0.1) is 0 Å². The van der Waals surface area contributed by atoms with Gasteiger partial charge in [-0.25, -0.2) is 0 Å². The molecule has 3 aromatic rings. The minimum atomic E-state index is -2.52. The number of benzene rings is 3. The van der Waals surface area contributed by atoms with Gasteiger partial charge in [-0.3, -0.25) is 0 Å². The summed E-state index contributed by atoms with van der Waals surface area (Å²) in [6.07, 6.45) is 13.6. The van der Waals surface area contributed by atoms with E-state index in [1.807, 2.05) is 0 Å². The first-order chi connectivity index (χ1) is 15.2. The van der Waals surface area contributed by atoms with Crippen LogP contribution in [0.2, 0.25) is 0 Å². The molecule has 0 aliphatic carbocycles. The molecule has 0 aliphatic rings. The SMILES string of the molecule is CCCCCCCCCCCP(C)(c1ccccc1)(c1ccccc1)c1ccccc1. The molecule has 0 unspecified atom stereocenters. The van der Waals surface area contributed by atoms with E-state index in [0.717, 1.165) is 0 Å². The molecule has 3 rings (SSSR count). The Hall–Kier alpha value is -1.91. The Kier molecular flexibility index (Phi) is 8.91. The average Bonchev–Trinajstić information content (AvgIpc) is 2.84. The Morgan fingerprint density at radius 3 is 1.13 bits per heavy atom. The first kappa shape index (κ1) is 23.7. The van der Waals surface area contributed by atoms with Crippen molar-refractivity contribution < 1.29 is 0 Å². The zero-order valence-electron chi connectivity index (χ0n) is 19.7. The first-order valence-corrected chi connectivity index (χ1v) is 15.2. The van der Waals surface area contributed by atoms with E-state index in [2.05, 4.69) is 105 Å². The topological polar surface area (TPSA) is 0 Å². The van der Waals surface area contributed by atoms with E-state index in [1.54, 1.807) is 0 Å². The van der Waals surface area contributed by atoms with Crippen LogP contribution in [-0.2, 0) is 0 Å². The van der Waals surface area contributed by atoms with Crippen molar-refractivity contribution in [2.45, 2.75) is 64.7 Å². The number of unbranched alkanes of at least 4 members (excludes halogenated alkanes) is 8. The zero-order valence-corrected chi connectivity index (χ0v) is 20.6. The Bertz CT molecular complexity index is 771. The number of rotatable bonds is 13. The van der Waals surface area contributed by atoms with Crippen LogP contribution >= 0.6 is 6.60 Å². The van der Waals surface area contributed by atoms with Crippen molar-refractivity contribution in [3.63, 3.8) is 0 Å². The summed E-state index contributed by atoms with van der Waals surface area (Å²) < 4.78 is 0. The van der Waals surface area contributed by atoms with Crippen LogP contribution in [0, 0.1) is 0 Å².